The van der Waals surface area contributed by atoms with Gasteiger partial charge in [0, 0.05) is 32.7 Å². The molecule has 0 aromatic heterocycles. The molecular weight excluding hydrogens is 469 g/mol. The summed E-state index contributed by atoms with van der Waals surface area (Å²) < 4.78 is 68.1. The fraction of sp³-hybridized carbons (Fsp3) is 0.292. The number of hydrogen-bond donors (Lipinski definition) is 0. The van der Waals surface area contributed by atoms with Gasteiger partial charge in [0.15, 0.2) is 5.75 Å². The molecule has 1 aliphatic heterocycles. The zero-order valence-electron chi connectivity index (χ0n) is 18.2. The number of carbonyl (C=O) groups excluding carboxylic acids is 1. The minimum absolute atomic E-state index is 0.146. The third-order valence-electron chi connectivity index (χ3n) is 5.66. The van der Waals surface area contributed by atoms with E-state index < -0.39 is 33.5 Å². The second-order valence-electron chi connectivity index (χ2n) is 8.15. The number of nitrogens with zero attached hydrogens (tertiary/aromatic N) is 2. The molecule has 34 heavy (non-hydrogen) atoms. The Morgan fingerprint density at radius 1 is 0.882 bits per heavy atom. The summed E-state index contributed by atoms with van der Waals surface area (Å²) in [7, 11) is -4.13. The zero-order valence-corrected chi connectivity index (χ0v) is 19.0. The molecule has 0 spiro atoms. The zero-order chi connectivity index (χ0) is 24.3. The van der Waals surface area contributed by atoms with Crippen LogP contribution in [-0.2, 0) is 27.6 Å². The third-order valence-corrected chi connectivity index (χ3v) is 6.70. The first-order valence-corrected chi connectivity index (χ1v) is 12.2. The summed E-state index contributed by atoms with van der Waals surface area (Å²) in [5, 5.41) is 1.77. The number of fused-ring (bicyclic) bond motifs is 1. The molecule has 0 atom stereocenters. The number of halogens is 3. The minimum atomic E-state index is -4.37. The van der Waals surface area contributed by atoms with Crippen molar-refractivity contribution < 1.29 is 30.6 Å². The second-order valence-corrected chi connectivity index (χ2v) is 9.72. The van der Waals surface area contributed by atoms with Crippen molar-refractivity contribution in [2.24, 2.45) is 0 Å². The molecule has 0 bridgehead atoms. The molecule has 0 unspecified atom stereocenters. The highest BCUT2D eigenvalue weighted by atomic mass is 32.2. The van der Waals surface area contributed by atoms with Crippen LogP contribution < -0.4 is 4.18 Å². The smallest absolute Gasteiger partial charge is 0.382 e. The molecule has 4 rings (SSSR count). The first-order valence-electron chi connectivity index (χ1n) is 10.7. The van der Waals surface area contributed by atoms with E-state index in [1.165, 1.54) is 17.0 Å². The largest absolute Gasteiger partial charge is 0.416 e. The van der Waals surface area contributed by atoms with E-state index in [1.54, 1.807) is 18.2 Å². The number of alkyl halides is 3. The summed E-state index contributed by atoms with van der Waals surface area (Å²) in [6.07, 6.45) is -4.37. The highest BCUT2D eigenvalue weighted by Gasteiger charge is 2.30. The van der Waals surface area contributed by atoms with Gasteiger partial charge in [-0.15, -0.1) is 0 Å². The molecule has 3 aromatic carbocycles. The maximum Gasteiger partial charge on any atom is 0.416 e. The molecule has 1 aliphatic rings. The van der Waals surface area contributed by atoms with Gasteiger partial charge in [-0.1, -0.05) is 42.5 Å². The van der Waals surface area contributed by atoms with Crippen LogP contribution in [0, 0.1) is 0 Å². The molecule has 0 aliphatic carbocycles. The number of carbonyl (C=O) groups is 1. The third kappa shape index (κ3) is 6.06. The molecule has 1 saturated heterocycles. The summed E-state index contributed by atoms with van der Waals surface area (Å²) >= 11 is 0. The molecule has 180 valence electrons. The topological polar surface area (TPSA) is 66.9 Å². The minimum Gasteiger partial charge on any atom is -0.382 e. The summed E-state index contributed by atoms with van der Waals surface area (Å²) in [5.41, 5.74) is 0.0397. The van der Waals surface area contributed by atoms with E-state index in [1.807, 2.05) is 29.2 Å². The van der Waals surface area contributed by atoms with Gasteiger partial charge in [0.05, 0.1) is 5.56 Å². The van der Waals surface area contributed by atoms with E-state index >= 15 is 0 Å². The van der Waals surface area contributed by atoms with E-state index in [4.69, 9.17) is 4.18 Å². The summed E-state index contributed by atoms with van der Waals surface area (Å²) in [6, 6.07) is 17.3. The average molecular weight is 493 g/mol. The molecule has 0 N–H and O–H groups in total. The summed E-state index contributed by atoms with van der Waals surface area (Å²) in [5.74, 6) is -1.17. The van der Waals surface area contributed by atoms with Crippen LogP contribution in [0.15, 0.2) is 66.7 Å². The average Bonchev–Trinajstić information content (AvgIpc) is 2.78. The van der Waals surface area contributed by atoms with Gasteiger partial charge >= 0.3 is 16.3 Å². The Labute approximate surface area is 195 Å². The van der Waals surface area contributed by atoms with Gasteiger partial charge in [0.1, 0.15) is 5.75 Å². The van der Waals surface area contributed by atoms with E-state index in [0.717, 1.165) is 28.5 Å². The number of benzene rings is 3. The Bertz CT molecular complexity index is 1270. The maximum absolute atomic E-state index is 12.7. The molecule has 0 radical (unpaired) electrons. The molecule has 0 saturated carbocycles. The van der Waals surface area contributed by atoms with Gasteiger partial charge in [-0.25, -0.2) is 0 Å². The molecule has 1 amide bonds. The molecule has 6 nitrogen and oxygen atoms in total. The van der Waals surface area contributed by atoms with Crippen LogP contribution >= 0.6 is 0 Å². The van der Waals surface area contributed by atoms with Gasteiger partial charge in [0.2, 0.25) is 5.91 Å². The Morgan fingerprint density at radius 3 is 2.18 bits per heavy atom. The highest BCUT2D eigenvalue weighted by molar-refractivity contribution is 7.87. The Kier molecular flexibility index (Phi) is 6.81. The van der Waals surface area contributed by atoms with Crippen molar-refractivity contribution in [1.82, 2.24) is 9.80 Å². The van der Waals surface area contributed by atoms with Gasteiger partial charge in [-0.3, -0.25) is 9.69 Å². The predicted molar refractivity (Wildman–Crippen MR) is 122 cm³/mol. The van der Waals surface area contributed by atoms with E-state index in [2.05, 4.69) is 0 Å². The first kappa shape index (κ1) is 24.0. The Hall–Kier alpha value is -3.11. The van der Waals surface area contributed by atoms with Crippen molar-refractivity contribution in [2.75, 3.05) is 31.9 Å². The number of hydrogen-bond acceptors (Lipinski definition) is 5. The highest BCUT2D eigenvalue weighted by Crippen LogP contribution is 2.29. The van der Waals surface area contributed by atoms with Crippen molar-refractivity contribution in [1.29, 1.82) is 0 Å². The maximum atomic E-state index is 12.7. The number of rotatable bonds is 6. The number of piperazine rings is 1. The lowest BCUT2D eigenvalue weighted by Crippen LogP contribution is -2.49. The second kappa shape index (κ2) is 9.63. The van der Waals surface area contributed by atoms with Crippen molar-refractivity contribution in [3.05, 3.63) is 77.9 Å². The Balaban J connectivity index is 1.28. The molecule has 3 aromatic rings. The van der Waals surface area contributed by atoms with Crippen LogP contribution in [0.4, 0.5) is 13.2 Å². The van der Waals surface area contributed by atoms with E-state index in [-0.39, 0.29) is 5.75 Å². The summed E-state index contributed by atoms with van der Waals surface area (Å²) in [4.78, 5) is 16.0. The van der Waals surface area contributed by atoms with Gasteiger partial charge in [-0.2, -0.15) is 21.6 Å². The quantitative estimate of drug-likeness (QED) is 0.488. The van der Waals surface area contributed by atoms with Gasteiger partial charge < -0.3 is 9.08 Å². The molecular formula is C24H23F3N2O4S. The van der Waals surface area contributed by atoms with E-state index in [0.29, 0.717) is 32.7 Å². The van der Waals surface area contributed by atoms with Crippen LogP contribution in [0.2, 0.25) is 0 Å². The van der Waals surface area contributed by atoms with Crippen molar-refractivity contribution in [3.63, 3.8) is 0 Å². The van der Waals surface area contributed by atoms with Gasteiger partial charge in [0.25, 0.3) is 0 Å². The molecule has 1 heterocycles. The Morgan fingerprint density at radius 2 is 1.53 bits per heavy atom. The fourth-order valence-electron chi connectivity index (χ4n) is 3.85. The lowest BCUT2D eigenvalue weighted by molar-refractivity contribution is -0.137. The lowest BCUT2D eigenvalue weighted by atomic mass is 10.1. The van der Waals surface area contributed by atoms with Crippen LogP contribution in [0.3, 0.4) is 0 Å². The van der Waals surface area contributed by atoms with Gasteiger partial charge in [-0.05, 0) is 40.6 Å². The van der Waals surface area contributed by atoms with Crippen molar-refractivity contribution in [2.45, 2.75) is 12.7 Å². The summed E-state index contributed by atoms with van der Waals surface area (Å²) in [6.45, 7) is 2.07. The molecule has 1 fully saturated rings. The predicted octanol–water partition coefficient (Wildman–Crippen LogP) is 3.91. The SMILES string of the molecule is O=C(CS(=O)(=O)Oc1ccc2ccccc2c1)N1CCN(Cc2ccc(C(F)(F)F)cc2)CC1. The monoisotopic (exact) mass is 492 g/mol. The molecule has 10 heteroatoms. The normalized spacial score (nSPS) is 15.4. The first-order chi connectivity index (χ1) is 16.1. The van der Waals surface area contributed by atoms with Crippen LogP contribution in [0.25, 0.3) is 10.8 Å². The van der Waals surface area contributed by atoms with Crippen molar-refractivity contribution >= 4 is 26.8 Å². The van der Waals surface area contributed by atoms with E-state index in [9.17, 15) is 26.4 Å². The van der Waals surface area contributed by atoms with Crippen LogP contribution in [-0.4, -0.2) is 56.1 Å². The number of amides is 1. The fourth-order valence-corrected chi connectivity index (χ4v) is 4.79. The standard InChI is InChI=1S/C24H23F3N2O4S/c25-24(26,27)21-8-5-18(6-9-21)16-28-11-13-29(14-12-28)23(30)17-34(31,32)33-22-10-7-19-3-1-2-4-20(19)15-22/h1-10,15H,11-14,16-17H2. The lowest BCUT2D eigenvalue weighted by Gasteiger charge is -2.34. The van der Waals surface area contributed by atoms with Crippen molar-refractivity contribution in [3.8, 4) is 5.75 Å². The van der Waals surface area contributed by atoms with Crippen LogP contribution in [0.5, 0.6) is 5.75 Å². The van der Waals surface area contributed by atoms with Crippen LogP contribution in [0.1, 0.15) is 11.1 Å².